The van der Waals surface area contributed by atoms with Gasteiger partial charge in [-0.3, -0.25) is 14.4 Å². The Morgan fingerprint density at radius 2 is 2.11 bits per heavy atom. The summed E-state index contributed by atoms with van der Waals surface area (Å²) >= 11 is 0. The van der Waals surface area contributed by atoms with E-state index in [1.54, 1.807) is 6.92 Å². The highest BCUT2D eigenvalue weighted by atomic mass is 16.5. The Kier molecular flexibility index (Phi) is 5.31. The number of hydrogen-bond acceptors (Lipinski definition) is 4. The smallest absolute Gasteiger partial charge is 0.319 e. The number of ether oxygens (including phenoxy) is 1. The first-order chi connectivity index (χ1) is 8.53. The summed E-state index contributed by atoms with van der Waals surface area (Å²) < 4.78 is 5.01. The van der Waals surface area contributed by atoms with Crippen LogP contribution in [-0.2, 0) is 19.1 Å². The zero-order valence-electron chi connectivity index (χ0n) is 10.7. The molecular formula is C13H20O5. The lowest BCUT2D eigenvalue weighted by atomic mass is 9.70. The number of Topliss-reactive ketones (excluding diaryl/α,β-unsaturated/α-hetero) is 1. The van der Waals surface area contributed by atoms with E-state index >= 15 is 0 Å². The summed E-state index contributed by atoms with van der Waals surface area (Å²) in [6.45, 7) is 1.95. The Bertz CT molecular complexity index is 336. The molecule has 1 rings (SSSR count). The first kappa shape index (κ1) is 14.7. The average Bonchev–Trinajstić information content (AvgIpc) is 2.31. The molecule has 0 aromatic rings. The highest BCUT2D eigenvalue weighted by molar-refractivity contribution is 6.04. The number of carbonyl (C=O) groups excluding carboxylic acids is 2. The van der Waals surface area contributed by atoms with Crippen molar-refractivity contribution >= 4 is 17.7 Å². The molecule has 5 heteroatoms. The van der Waals surface area contributed by atoms with Gasteiger partial charge in [0.2, 0.25) is 0 Å². The van der Waals surface area contributed by atoms with Gasteiger partial charge in [-0.25, -0.2) is 0 Å². The van der Waals surface area contributed by atoms with Crippen molar-refractivity contribution in [1.29, 1.82) is 0 Å². The molecule has 18 heavy (non-hydrogen) atoms. The minimum Gasteiger partial charge on any atom is -0.481 e. The number of aliphatic carboxylic acids is 1. The molecule has 0 radical (unpaired) electrons. The number of carbonyl (C=O) groups is 3. The van der Waals surface area contributed by atoms with Crippen LogP contribution in [0.5, 0.6) is 0 Å². The number of hydrogen-bond donors (Lipinski definition) is 1. The van der Waals surface area contributed by atoms with Gasteiger partial charge in [-0.2, -0.15) is 0 Å². The summed E-state index contributed by atoms with van der Waals surface area (Å²) in [6, 6.07) is 0. The fourth-order valence-electron chi connectivity index (χ4n) is 2.48. The van der Waals surface area contributed by atoms with E-state index in [9.17, 15) is 14.4 Å². The molecular weight excluding hydrogens is 236 g/mol. The predicted octanol–water partition coefficient (Wildman–Crippen LogP) is 1.93. The van der Waals surface area contributed by atoms with Crippen LogP contribution in [0.15, 0.2) is 0 Å². The molecule has 0 amide bonds. The van der Waals surface area contributed by atoms with Crippen molar-refractivity contribution in [1.82, 2.24) is 0 Å². The van der Waals surface area contributed by atoms with Crippen molar-refractivity contribution in [3.63, 3.8) is 0 Å². The molecule has 0 aromatic carbocycles. The van der Waals surface area contributed by atoms with E-state index in [0.717, 1.165) is 12.8 Å². The Hall–Kier alpha value is -1.39. The van der Waals surface area contributed by atoms with Gasteiger partial charge in [-0.1, -0.05) is 6.42 Å². The van der Waals surface area contributed by atoms with E-state index in [4.69, 9.17) is 9.84 Å². The van der Waals surface area contributed by atoms with Crippen molar-refractivity contribution in [3.05, 3.63) is 0 Å². The van der Waals surface area contributed by atoms with E-state index in [1.165, 1.54) is 0 Å². The summed E-state index contributed by atoms with van der Waals surface area (Å²) in [7, 11) is 0. The molecule has 102 valence electrons. The molecule has 1 saturated carbocycles. The summed E-state index contributed by atoms with van der Waals surface area (Å²) in [6.07, 6.45) is 3.11. The topological polar surface area (TPSA) is 80.7 Å². The van der Waals surface area contributed by atoms with Gasteiger partial charge in [0.15, 0.2) is 0 Å². The molecule has 1 aliphatic carbocycles. The highest BCUT2D eigenvalue weighted by Crippen LogP contribution is 2.39. The molecule has 1 fully saturated rings. The van der Waals surface area contributed by atoms with Gasteiger partial charge in [-0.15, -0.1) is 0 Å². The molecule has 0 spiro atoms. The molecule has 5 nitrogen and oxygen atoms in total. The van der Waals surface area contributed by atoms with Crippen LogP contribution in [0.1, 0.15) is 51.9 Å². The van der Waals surface area contributed by atoms with E-state index in [1.807, 2.05) is 0 Å². The molecule has 0 aromatic heterocycles. The monoisotopic (exact) mass is 256 g/mol. The van der Waals surface area contributed by atoms with Crippen LogP contribution in [0.3, 0.4) is 0 Å². The number of ketones is 1. The predicted molar refractivity (Wildman–Crippen MR) is 64.0 cm³/mol. The van der Waals surface area contributed by atoms with Gasteiger partial charge < -0.3 is 9.84 Å². The normalized spacial score (nSPS) is 23.7. The van der Waals surface area contributed by atoms with Crippen LogP contribution < -0.4 is 0 Å². The average molecular weight is 256 g/mol. The molecule has 1 N–H and O–H groups in total. The molecule has 0 saturated heterocycles. The van der Waals surface area contributed by atoms with Crippen LogP contribution >= 0.6 is 0 Å². The van der Waals surface area contributed by atoms with E-state index in [2.05, 4.69) is 0 Å². The van der Waals surface area contributed by atoms with Crippen molar-refractivity contribution in [2.24, 2.45) is 5.41 Å². The number of rotatable bonds is 6. The van der Waals surface area contributed by atoms with Crippen molar-refractivity contribution in [3.8, 4) is 0 Å². The lowest BCUT2D eigenvalue weighted by Crippen LogP contribution is -2.43. The minimum atomic E-state index is -1.08. The van der Waals surface area contributed by atoms with Gasteiger partial charge in [0.1, 0.15) is 11.2 Å². The van der Waals surface area contributed by atoms with E-state index in [-0.39, 0.29) is 25.2 Å². The Labute approximate surface area is 107 Å². The largest absolute Gasteiger partial charge is 0.481 e. The third kappa shape index (κ3) is 3.31. The Balaban J connectivity index is 2.76. The summed E-state index contributed by atoms with van der Waals surface area (Å²) in [5.41, 5.74) is -1.08. The van der Waals surface area contributed by atoms with Crippen LogP contribution in [0.4, 0.5) is 0 Å². The molecule has 1 unspecified atom stereocenters. The molecule has 0 heterocycles. The maximum absolute atomic E-state index is 12.1. The first-order valence-electron chi connectivity index (χ1n) is 6.45. The third-order valence-corrected chi connectivity index (χ3v) is 3.45. The Morgan fingerprint density at radius 3 is 2.67 bits per heavy atom. The van der Waals surface area contributed by atoms with Crippen LogP contribution in [-0.4, -0.2) is 29.4 Å². The lowest BCUT2D eigenvalue weighted by molar-refractivity contribution is -0.163. The SMILES string of the molecule is CCOC(=O)C1(CCCC(=O)O)CCCCC1=O. The highest BCUT2D eigenvalue weighted by Gasteiger charge is 2.47. The molecule has 0 bridgehead atoms. The molecule has 1 atom stereocenters. The fraction of sp³-hybridized carbons (Fsp3) is 0.769. The van der Waals surface area contributed by atoms with Crippen molar-refractivity contribution in [2.75, 3.05) is 6.61 Å². The first-order valence-corrected chi connectivity index (χ1v) is 6.45. The zero-order chi connectivity index (χ0) is 13.6. The maximum Gasteiger partial charge on any atom is 0.319 e. The van der Waals surface area contributed by atoms with E-state index < -0.39 is 17.4 Å². The third-order valence-electron chi connectivity index (χ3n) is 3.45. The zero-order valence-corrected chi connectivity index (χ0v) is 10.7. The fourth-order valence-corrected chi connectivity index (χ4v) is 2.48. The van der Waals surface area contributed by atoms with E-state index in [0.29, 0.717) is 19.3 Å². The van der Waals surface area contributed by atoms with Gasteiger partial charge in [0.05, 0.1) is 6.61 Å². The standard InChI is InChI=1S/C13H20O5/c1-2-18-12(17)13(9-5-7-11(15)16)8-4-3-6-10(13)14/h2-9H2,1H3,(H,15,16). The quantitative estimate of drug-likeness (QED) is 0.580. The number of esters is 1. The minimum absolute atomic E-state index is 0.0194. The second kappa shape index (κ2) is 6.52. The Morgan fingerprint density at radius 1 is 1.39 bits per heavy atom. The summed E-state index contributed by atoms with van der Waals surface area (Å²) in [5, 5.41) is 8.63. The van der Waals surface area contributed by atoms with Gasteiger partial charge in [0, 0.05) is 12.8 Å². The van der Waals surface area contributed by atoms with Crippen LogP contribution in [0.25, 0.3) is 0 Å². The second-order valence-corrected chi connectivity index (χ2v) is 4.68. The number of carboxylic acid groups (broad SMARTS) is 1. The van der Waals surface area contributed by atoms with Gasteiger partial charge in [0.25, 0.3) is 0 Å². The lowest BCUT2D eigenvalue weighted by Gasteiger charge is -2.33. The summed E-state index contributed by atoms with van der Waals surface area (Å²) in [5.74, 6) is -1.46. The molecule has 1 aliphatic rings. The van der Waals surface area contributed by atoms with Gasteiger partial charge in [-0.05, 0) is 32.6 Å². The van der Waals surface area contributed by atoms with Gasteiger partial charge >= 0.3 is 11.9 Å². The summed E-state index contributed by atoms with van der Waals surface area (Å²) in [4.78, 5) is 34.6. The number of carboxylic acids is 1. The van der Waals surface area contributed by atoms with Crippen molar-refractivity contribution in [2.45, 2.75) is 51.9 Å². The molecule has 0 aliphatic heterocycles. The van der Waals surface area contributed by atoms with Crippen LogP contribution in [0.2, 0.25) is 0 Å². The second-order valence-electron chi connectivity index (χ2n) is 4.68. The maximum atomic E-state index is 12.1. The van der Waals surface area contributed by atoms with Crippen molar-refractivity contribution < 1.29 is 24.2 Å². The van der Waals surface area contributed by atoms with Crippen LogP contribution in [0, 0.1) is 5.41 Å².